The van der Waals surface area contributed by atoms with Crippen molar-refractivity contribution in [3.8, 4) is 0 Å². The first kappa shape index (κ1) is 21.4. The van der Waals surface area contributed by atoms with Gasteiger partial charge in [-0.25, -0.2) is 8.62 Å². The molecule has 0 amide bonds. The van der Waals surface area contributed by atoms with E-state index < -0.39 is 11.0 Å². The fourth-order valence-corrected chi connectivity index (χ4v) is 3.73. The van der Waals surface area contributed by atoms with Crippen LogP contribution in [-0.2, 0) is 11.0 Å². The van der Waals surface area contributed by atoms with Crippen LogP contribution in [0.2, 0.25) is 0 Å². The number of aryl methyl sites for hydroxylation is 3. The molecule has 0 saturated carbocycles. The number of rotatable bonds is 5. The molecule has 0 aliphatic rings. The molecule has 2 aromatic carbocycles. The van der Waals surface area contributed by atoms with Gasteiger partial charge >= 0.3 is 0 Å². The summed E-state index contributed by atoms with van der Waals surface area (Å²) in [4.78, 5) is 0.715. The average molecular weight is 379 g/mol. The summed E-state index contributed by atoms with van der Waals surface area (Å²) in [5, 5.41) is 4.76. The summed E-state index contributed by atoms with van der Waals surface area (Å²) >= 11 is 6.42. The minimum atomic E-state index is -1.38. The van der Waals surface area contributed by atoms with Gasteiger partial charge in [0.2, 0.25) is 0 Å². The van der Waals surface area contributed by atoms with Crippen LogP contribution in [0.1, 0.15) is 43.0 Å². The summed E-state index contributed by atoms with van der Waals surface area (Å²) in [6, 6.07) is 13.6. The van der Waals surface area contributed by atoms with Crippen LogP contribution in [0, 0.1) is 20.8 Å². The molecule has 0 aliphatic heterocycles. The molecule has 2 rings (SSSR count). The Labute approximate surface area is 159 Å². The molecule has 3 nitrogen and oxygen atoms in total. The molecule has 0 aromatic heterocycles. The van der Waals surface area contributed by atoms with E-state index in [0.717, 1.165) is 22.3 Å². The van der Waals surface area contributed by atoms with Crippen molar-refractivity contribution in [3.63, 3.8) is 0 Å². The quantitative estimate of drug-likeness (QED) is 0.493. The van der Waals surface area contributed by atoms with Crippen molar-refractivity contribution < 1.29 is 4.21 Å². The summed E-state index contributed by atoms with van der Waals surface area (Å²) in [5.74, 6) is 0. The molecular formula is C20H27ClN2OS. The fraction of sp³-hybridized carbons (Fsp3) is 0.350. The summed E-state index contributed by atoms with van der Waals surface area (Å²) in [7, 11) is -1.38. The monoisotopic (exact) mass is 378 g/mol. The van der Waals surface area contributed by atoms with Crippen LogP contribution >= 0.6 is 11.6 Å². The van der Waals surface area contributed by atoms with E-state index in [0.29, 0.717) is 16.6 Å². The Hall–Kier alpha value is -1.65. The highest BCUT2D eigenvalue weighted by Crippen LogP contribution is 2.19. The lowest BCUT2D eigenvalue weighted by molar-refractivity contribution is 0.496. The molecule has 5 heteroatoms. The van der Waals surface area contributed by atoms with Gasteiger partial charge in [0.15, 0.2) is 16.2 Å². The summed E-state index contributed by atoms with van der Waals surface area (Å²) < 4.78 is 14.2. The second-order valence-corrected chi connectivity index (χ2v) is 7.14. The standard InChI is InChI=1S/C18H21ClN2OS.C2H6/c1-5-21(23(22)16-11-9-13(2)10-12-16)20-18(19)17-14(3)7-6-8-15(17)4;1-2/h6-12H,5H2,1-4H3;1-2H3/b20-18+;. The van der Waals surface area contributed by atoms with Gasteiger partial charge in [-0.15, -0.1) is 0 Å². The van der Waals surface area contributed by atoms with Crippen molar-refractivity contribution in [3.05, 3.63) is 64.7 Å². The van der Waals surface area contributed by atoms with Gasteiger partial charge in [-0.05, 0) is 51.0 Å². The lowest BCUT2D eigenvalue weighted by Gasteiger charge is -2.17. The molecule has 0 radical (unpaired) electrons. The van der Waals surface area contributed by atoms with Crippen molar-refractivity contribution in [1.82, 2.24) is 4.41 Å². The molecular weight excluding hydrogens is 352 g/mol. The Morgan fingerprint density at radius 1 is 1.04 bits per heavy atom. The Morgan fingerprint density at radius 2 is 1.56 bits per heavy atom. The highest BCUT2D eigenvalue weighted by molar-refractivity contribution is 7.82. The van der Waals surface area contributed by atoms with E-state index in [-0.39, 0.29) is 0 Å². The minimum Gasteiger partial charge on any atom is -0.230 e. The molecule has 0 saturated heterocycles. The molecule has 0 bridgehead atoms. The molecule has 0 fully saturated rings. The number of halogens is 1. The van der Waals surface area contributed by atoms with Gasteiger partial charge in [0.1, 0.15) is 0 Å². The Bertz CT molecular complexity index is 722. The van der Waals surface area contributed by atoms with Crippen molar-refractivity contribution >= 4 is 27.8 Å². The first-order valence-corrected chi connectivity index (χ1v) is 9.99. The SMILES string of the molecule is CC.CCN(/N=C(/Cl)c1c(C)cccc1C)S(=O)c1ccc(C)cc1. The van der Waals surface area contributed by atoms with E-state index in [4.69, 9.17) is 11.6 Å². The number of hydrogen-bond donors (Lipinski definition) is 0. The first-order valence-electron chi connectivity index (χ1n) is 8.50. The average Bonchev–Trinajstić information content (AvgIpc) is 2.61. The Balaban J connectivity index is 0.00000151. The Kier molecular flexibility index (Phi) is 8.87. The van der Waals surface area contributed by atoms with Crippen LogP contribution in [0.4, 0.5) is 0 Å². The van der Waals surface area contributed by atoms with Gasteiger partial charge in [0, 0.05) is 12.1 Å². The normalized spacial score (nSPS) is 12.2. The van der Waals surface area contributed by atoms with Crippen molar-refractivity contribution in [2.75, 3.05) is 6.54 Å². The Morgan fingerprint density at radius 3 is 2.04 bits per heavy atom. The zero-order valence-electron chi connectivity index (χ0n) is 15.8. The van der Waals surface area contributed by atoms with Gasteiger partial charge in [0.05, 0.1) is 4.90 Å². The first-order chi connectivity index (χ1) is 11.9. The van der Waals surface area contributed by atoms with E-state index >= 15 is 0 Å². The van der Waals surface area contributed by atoms with Crippen LogP contribution in [0.15, 0.2) is 52.5 Å². The number of nitrogens with zero attached hydrogens (tertiary/aromatic N) is 2. The third kappa shape index (κ3) is 5.68. The third-order valence-corrected chi connectivity index (χ3v) is 5.23. The molecule has 0 spiro atoms. The molecule has 1 atom stereocenters. The predicted octanol–water partition coefficient (Wildman–Crippen LogP) is 5.58. The minimum absolute atomic E-state index is 0.364. The number of hydrogen-bond acceptors (Lipinski definition) is 2. The highest BCUT2D eigenvalue weighted by Gasteiger charge is 2.15. The maximum Gasteiger partial charge on any atom is 0.168 e. The summed E-state index contributed by atoms with van der Waals surface area (Å²) in [6.45, 7) is 12.4. The van der Waals surface area contributed by atoms with E-state index in [9.17, 15) is 4.21 Å². The summed E-state index contributed by atoms with van der Waals surface area (Å²) in [6.07, 6.45) is 0. The molecule has 0 aliphatic carbocycles. The molecule has 136 valence electrons. The fourth-order valence-electron chi connectivity index (χ4n) is 2.29. The zero-order chi connectivity index (χ0) is 19.0. The van der Waals surface area contributed by atoms with Crippen LogP contribution in [-0.4, -0.2) is 20.3 Å². The van der Waals surface area contributed by atoms with E-state index in [2.05, 4.69) is 5.10 Å². The number of benzene rings is 2. The molecule has 2 aromatic rings. The van der Waals surface area contributed by atoms with Gasteiger partial charge in [-0.3, -0.25) is 0 Å². The topological polar surface area (TPSA) is 32.7 Å². The lowest BCUT2D eigenvalue weighted by atomic mass is 10.0. The molecule has 0 heterocycles. The maximum atomic E-state index is 12.7. The van der Waals surface area contributed by atoms with Crippen molar-refractivity contribution in [2.45, 2.75) is 46.4 Å². The smallest absolute Gasteiger partial charge is 0.168 e. The van der Waals surface area contributed by atoms with Crippen molar-refractivity contribution in [2.24, 2.45) is 5.10 Å². The lowest BCUT2D eigenvalue weighted by Crippen LogP contribution is -2.21. The summed E-state index contributed by atoms with van der Waals surface area (Å²) in [5.41, 5.74) is 4.13. The molecule has 1 unspecified atom stereocenters. The van der Waals surface area contributed by atoms with E-state index in [1.54, 1.807) is 0 Å². The number of hydrazone groups is 1. The zero-order valence-corrected chi connectivity index (χ0v) is 17.4. The van der Waals surface area contributed by atoms with Gasteiger partial charge < -0.3 is 0 Å². The second-order valence-electron chi connectivity index (χ2n) is 5.39. The van der Waals surface area contributed by atoms with Crippen LogP contribution in [0.25, 0.3) is 0 Å². The largest absolute Gasteiger partial charge is 0.230 e. The van der Waals surface area contributed by atoms with E-state index in [1.165, 1.54) is 4.41 Å². The predicted molar refractivity (Wildman–Crippen MR) is 110 cm³/mol. The van der Waals surface area contributed by atoms with Crippen LogP contribution in [0.3, 0.4) is 0 Å². The molecule has 0 N–H and O–H groups in total. The highest BCUT2D eigenvalue weighted by atomic mass is 35.5. The van der Waals surface area contributed by atoms with Gasteiger partial charge in [-0.2, -0.15) is 5.10 Å². The van der Waals surface area contributed by atoms with E-state index in [1.807, 2.05) is 84.0 Å². The van der Waals surface area contributed by atoms with Gasteiger partial charge in [-0.1, -0.05) is 61.3 Å². The second kappa shape index (κ2) is 10.4. The van der Waals surface area contributed by atoms with Crippen LogP contribution < -0.4 is 0 Å². The van der Waals surface area contributed by atoms with Crippen LogP contribution in [0.5, 0.6) is 0 Å². The molecule has 25 heavy (non-hydrogen) atoms. The maximum absolute atomic E-state index is 12.7. The van der Waals surface area contributed by atoms with Gasteiger partial charge in [0.25, 0.3) is 0 Å². The third-order valence-electron chi connectivity index (χ3n) is 3.57. The van der Waals surface area contributed by atoms with Crippen molar-refractivity contribution in [1.29, 1.82) is 0 Å².